The number of halogens is 1. The third-order valence-corrected chi connectivity index (χ3v) is 3.91. The fourth-order valence-electron chi connectivity index (χ4n) is 2.28. The molecule has 0 bridgehead atoms. The van der Waals surface area contributed by atoms with Crippen LogP contribution in [0.5, 0.6) is 11.5 Å². The van der Waals surface area contributed by atoms with Crippen molar-refractivity contribution in [1.82, 2.24) is 5.43 Å². The van der Waals surface area contributed by atoms with E-state index in [1.54, 1.807) is 6.21 Å². The molecule has 0 saturated heterocycles. The number of hydrogen-bond donors (Lipinski definition) is 1. The molecule has 0 saturated carbocycles. The number of carbonyl (C=O) groups excluding carboxylic acids is 1. The van der Waals surface area contributed by atoms with E-state index in [2.05, 4.69) is 26.5 Å². The molecule has 6 heteroatoms. The van der Waals surface area contributed by atoms with Gasteiger partial charge < -0.3 is 9.47 Å². The molecular formula is C19H21BrN2O3. The fourth-order valence-corrected chi connectivity index (χ4v) is 2.66. The summed E-state index contributed by atoms with van der Waals surface area (Å²) in [4.78, 5) is 11.9. The Bertz CT molecular complexity index is 755. The number of hydrazone groups is 1. The van der Waals surface area contributed by atoms with Crippen LogP contribution in [0.2, 0.25) is 0 Å². The van der Waals surface area contributed by atoms with Crippen molar-refractivity contribution in [3.05, 3.63) is 57.6 Å². The van der Waals surface area contributed by atoms with Crippen LogP contribution in [-0.4, -0.2) is 25.3 Å². The smallest absolute Gasteiger partial charge is 0.277 e. The van der Waals surface area contributed by atoms with Crippen molar-refractivity contribution in [2.75, 3.05) is 13.2 Å². The summed E-state index contributed by atoms with van der Waals surface area (Å²) >= 11 is 3.41. The maximum atomic E-state index is 11.9. The Balaban J connectivity index is 1.94. The number of nitrogens with zero attached hydrogens (tertiary/aromatic N) is 1. The first-order valence-corrected chi connectivity index (χ1v) is 8.73. The van der Waals surface area contributed by atoms with Crippen molar-refractivity contribution >= 4 is 28.1 Å². The first-order chi connectivity index (χ1) is 12.0. The molecule has 0 heterocycles. The lowest BCUT2D eigenvalue weighted by Crippen LogP contribution is -2.25. The van der Waals surface area contributed by atoms with E-state index < -0.39 is 0 Å². The van der Waals surface area contributed by atoms with E-state index in [0.29, 0.717) is 12.4 Å². The third-order valence-electron chi connectivity index (χ3n) is 3.42. The van der Waals surface area contributed by atoms with Crippen LogP contribution in [0, 0.1) is 13.8 Å². The SMILES string of the molecule is CCOc1ccc(Br)cc1/C=N/NC(=O)COc1c(C)cccc1C. The fraction of sp³-hybridized carbons (Fsp3) is 0.263. The minimum atomic E-state index is -0.327. The molecule has 0 atom stereocenters. The molecule has 2 aromatic rings. The van der Waals surface area contributed by atoms with Crippen molar-refractivity contribution in [2.24, 2.45) is 5.10 Å². The lowest BCUT2D eigenvalue weighted by molar-refractivity contribution is -0.123. The van der Waals surface area contributed by atoms with Crippen LogP contribution < -0.4 is 14.9 Å². The van der Waals surface area contributed by atoms with Gasteiger partial charge in [0.2, 0.25) is 0 Å². The van der Waals surface area contributed by atoms with Crippen molar-refractivity contribution in [3.63, 3.8) is 0 Å². The van der Waals surface area contributed by atoms with Gasteiger partial charge in [0.25, 0.3) is 5.91 Å². The number of aryl methyl sites for hydroxylation is 2. The molecule has 5 nitrogen and oxygen atoms in total. The van der Waals surface area contributed by atoms with Crippen LogP contribution in [0.3, 0.4) is 0 Å². The normalized spacial score (nSPS) is 10.7. The van der Waals surface area contributed by atoms with Crippen LogP contribution in [-0.2, 0) is 4.79 Å². The van der Waals surface area contributed by atoms with Crippen LogP contribution in [0.15, 0.2) is 46.0 Å². The van der Waals surface area contributed by atoms with Gasteiger partial charge >= 0.3 is 0 Å². The quantitative estimate of drug-likeness (QED) is 0.560. The van der Waals surface area contributed by atoms with E-state index >= 15 is 0 Å². The van der Waals surface area contributed by atoms with Crippen LogP contribution in [0.4, 0.5) is 0 Å². The second kappa shape index (κ2) is 9.22. The van der Waals surface area contributed by atoms with E-state index in [4.69, 9.17) is 9.47 Å². The Morgan fingerprint density at radius 3 is 2.60 bits per heavy atom. The summed E-state index contributed by atoms with van der Waals surface area (Å²) in [6.07, 6.45) is 1.55. The number of carbonyl (C=O) groups is 1. The Morgan fingerprint density at radius 2 is 1.92 bits per heavy atom. The summed E-state index contributed by atoms with van der Waals surface area (Å²) in [6, 6.07) is 11.5. The number of rotatable bonds is 7. The van der Waals surface area contributed by atoms with Gasteiger partial charge in [-0.05, 0) is 50.1 Å². The van der Waals surface area contributed by atoms with E-state index in [0.717, 1.165) is 26.9 Å². The molecule has 0 fully saturated rings. The molecule has 2 rings (SSSR count). The van der Waals surface area contributed by atoms with Crippen LogP contribution >= 0.6 is 15.9 Å². The minimum Gasteiger partial charge on any atom is -0.493 e. The van der Waals surface area contributed by atoms with Gasteiger partial charge in [-0.15, -0.1) is 0 Å². The maximum absolute atomic E-state index is 11.9. The summed E-state index contributed by atoms with van der Waals surface area (Å²) in [7, 11) is 0. The molecule has 0 aliphatic heterocycles. The van der Waals surface area contributed by atoms with Gasteiger partial charge in [0.15, 0.2) is 6.61 Å². The lowest BCUT2D eigenvalue weighted by Gasteiger charge is -2.11. The molecule has 0 aliphatic rings. The summed E-state index contributed by atoms with van der Waals surface area (Å²) in [5.74, 6) is 1.11. The molecule has 0 radical (unpaired) electrons. The zero-order valence-electron chi connectivity index (χ0n) is 14.5. The summed E-state index contributed by atoms with van der Waals surface area (Å²) in [5, 5.41) is 3.98. The zero-order chi connectivity index (χ0) is 18.2. The molecule has 1 N–H and O–H groups in total. The highest BCUT2D eigenvalue weighted by atomic mass is 79.9. The first-order valence-electron chi connectivity index (χ1n) is 7.94. The minimum absolute atomic E-state index is 0.0974. The van der Waals surface area contributed by atoms with Crippen LogP contribution in [0.25, 0.3) is 0 Å². The summed E-state index contributed by atoms with van der Waals surface area (Å²) in [5.41, 5.74) is 5.22. The third kappa shape index (κ3) is 5.60. The largest absolute Gasteiger partial charge is 0.493 e. The van der Waals surface area contributed by atoms with Crippen molar-refractivity contribution in [3.8, 4) is 11.5 Å². The number of benzene rings is 2. The number of nitrogens with one attached hydrogen (secondary N) is 1. The van der Waals surface area contributed by atoms with Gasteiger partial charge in [0.1, 0.15) is 11.5 Å². The maximum Gasteiger partial charge on any atom is 0.277 e. The number of ether oxygens (including phenoxy) is 2. The summed E-state index contributed by atoms with van der Waals surface area (Å²) < 4.78 is 12.0. The van der Waals surface area contributed by atoms with Crippen LogP contribution in [0.1, 0.15) is 23.6 Å². The molecule has 0 aliphatic carbocycles. The molecule has 2 aromatic carbocycles. The molecule has 132 valence electrons. The molecule has 25 heavy (non-hydrogen) atoms. The van der Waals surface area contributed by atoms with Gasteiger partial charge in [-0.25, -0.2) is 5.43 Å². The molecule has 0 aromatic heterocycles. The Morgan fingerprint density at radius 1 is 1.20 bits per heavy atom. The second-order valence-electron chi connectivity index (χ2n) is 5.42. The molecular weight excluding hydrogens is 384 g/mol. The Hall–Kier alpha value is -2.34. The predicted molar refractivity (Wildman–Crippen MR) is 102 cm³/mol. The first kappa shape index (κ1) is 19.0. The topological polar surface area (TPSA) is 59.9 Å². The monoisotopic (exact) mass is 404 g/mol. The number of para-hydroxylation sites is 1. The number of hydrogen-bond acceptors (Lipinski definition) is 4. The Kier molecular flexibility index (Phi) is 7.01. The van der Waals surface area contributed by atoms with E-state index in [9.17, 15) is 4.79 Å². The van der Waals surface area contributed by atoms with Crippen molar-refractivity contribution in [1.29, 1.82) is 0 Å². The van der Waals surface area contributed by atoms with E-state index in [-0.39, 0.29) is 12.5 Å². The highest BCUT2D eigenvalue weighted by molar-refractivity contribution is 9.10. The Labute approximate surface area is 156 Å². The summed E-state index contributed by atoms with van der Waals surface area (Å²) in [6.45, 7) is 6.26. The average Bonchev–Trinajstić information content (AvgIpc) is 2.57. The lowest BCUT2D eigenvalue weighted by atomic mass is 10.1. The highest BCUT2D eigenvalue weighted by Crippen LogP contribution is 2.22. The number of amides is 1. The molecule has 0 spiro atoms. The predicted octanol–water partition coefficient (Wildman–Crippen LogP) is 3.99. The second-order valence-corrected chi connectivity index (χ2v) is 6.33. The van der Waals surface area contributed by atoms with Crippen molar-refractivity contribution in [2.45, 2.75) is 20.8 Å². The van der Waals surface area contributed by atoms with Gasteiger partial charge in [-0.3, -0.25) is 4.79 Å². The average molecular weight is 405 g/mol. The van der Waals surface area contributed by atoms with Gasteiger partial charge in [0.05, 0.1) is 12.8 Å². The van der Waals surface area contributed by atoms with E-state index in [1.165, 1.54) is 0 Å². The molecule has 1 amide bonds. The molecule has 0 unspecified atom stereocenters. The van der Waals surface area contributed by atoms with Gasteiger partial charge in [-0.1, -0.05) is 34.1 Å². The zero-order valence-corrected chi connectivity index (χ0v) is 16.1. The van der Waals surface area contributed by atoms with Gasteiger partial charge in [-0.2, -0.15) is 5.10 Å². The van der Waals surface area contributed by atoms with Gasteiger partial charge in [0, 0.05) is 10.0 Å². The van der Waals surface area contributed by atoms with E-state index in [1.807, 2.05) is 57.2 Å². The highest BCUT2D eigenvalue weighted by Gasteiger charge is 2.07. The van der Waals surface area contributed by atoms with Crippen molar-refractivity contribution < 1.29 is 14.3 Å². The standard InChI is InChI=1S/C19H21BrN2O3/c1-4-24-17-9-8-16(20)10-15(17)11-21-22-18(23)12-25-19-13(2)6-5-7-14(19)3/h5-11H,4,12H2,1-3H3,(H,22,23)/b21-11+.